The second kappa shape index (κ2) is 8.67. The molecule has 3 aromatic rings. The summed E-state index contributed by atoms with van der Waals surface area (Å²) in [5, 5.41) is 4.14. The molecule has 1 aromatic heterocycles. The third-order valence-corrected chi connectivity index (χ3v) is 5.60. The SMILES string of the molecule is COc1ccccc1C(=O)N1CCN(C(C)c2nc(-c3ccc(C)cc3)no2)CC1. The third kappa shape index (κ3) is 4.07. The first-order valence-corrected chi connectivity index (χ1v) is 10.1. The molecule has 7 heteroatoms. The highest BCUT2D eigenvalue weighted by molar-refractivity contribution is 5.97. The Morgan fingerprint density at radius 2 is 1.77 bits per heavy atom. The van der Waals surface area contributed by atoms with Crippen molar-refractivity contribution in [2.24, 2.45) is 0 Å². The molecule has 2 aromatic carbocycles. The molecule has 156 valence electrons. The molecular weight excluding hydrogens is 380 g/mol. The van der Waals surface area contributed by atoms with Crippen molar-refractivity contribution >= 4 is 5.91 Å². The monoisotopic (exact) mass is 406 g/mol. The van der Waals surface area contributed by atoms with E-state index in [0.29, 0.717) is 36.1 Å². The zero-order chi connectivity index (χ0) is 21.1. The maximum atomic E-state index is 12.9. The van der Waals surface area contributed by atoms with E-state index in [0.717, 1.165) is 18.7 Å². The van der Waals surface area contributed by atoms with Gasteiger partial charge >= 0.3 is 0 Å². The Morgan fingerprint density at radius 1 is 1.07 bits per heavy atom. The Bertz CT molecular complexity index is 1010. The summed E-state index contributed by atoms with van der Waals surface area (Å²) in [7, 11) is 1.58. The fourth-order valence-electron chi connectivity index (χ4n) is 3.68. The molecule has 1 amide bonds. The molecule has 1 aliphatic rings. The normalized spacial score (nSPS) is 15.8. The van der Waals surface area contributed by atoms with Crippen LogP contribution in [0.15, 0.2) is 53.1 Å². The lowest BCUT2D eigenvalue weighted by Crippen LogP contribution is -2.49. The van der Waals surface area contributed by atoms with Gasteiger partial charge in [-0.3, -0.25) is 9.69 Å². The van der Waals surface area contributed by atoms with E-state index >= 15 is 0 Å². The van der Waals surface area contributed by atoms with Crippen LogP contribution in [0.1, 0.15) is 34.8 Å². The van der Waals surface area contributed by atoms with Gasteiger partial charge < -0.3 is 14.2 Å². The highest BCUT2D eigenvalue weighted by Crippen LogP contribution is 2.25. The van der Waals surface area contributed by atoms with E-state index in [-0.39, 0.29) is 11.9 Å². The summed E-state index contributed by atoms with van der Waals surface area (Å²) >= 11 is 0. The smallest absolute Gasteiger partial charge is 0.257 e. The summed E-state index contributed by atoms with van der Waals surface area (Å²) in [4.78, 5) is 21.6. The van der Waals surface area contributed by atoms with Crippen LogP contribution in [0, 0.1) is 6.92 Å². The first kappa shape index (κ1) is 20.1. The largest absolute Gasteiger partial charge is 0.496 e. The van der Waals surface area contributed by atoms with Crippen LogP contribution in [0.3, 0.4) is 0 Å². The fourth-order valence-corrected chi connectivity index (χ4v) is 3.68. The predicted molar refractivity (Wildman–Crippen MR) is 113 cm³/mol. The Balaban J connectivity index is 1.39. The summed E-state index contributed by atoms with van der Waals surface area (Å²) < 4.78 is 10.9. The molecule has 1 saturated heterocycles. The van der Waals surface area contributed by atoms with Gasteiger partial charge in [0.25, 0.3) is 5.91 Å². The van der Waals surface area contributed by atoms with E-state index in [2.05, 4.69) is 22.0 Å². The predicted octanol–water partition coefficient (Wildman–Crippen LogP) is 3.57. The average Bonchev–Trinajstić information content (AvgIpc) is 3.29. The topological polar surface area (TPSA) is 71.7 Å². The van der Waals surface area contributed by atoms with Crippen molar-refractivity contribution in [1.29, 1.82) is 0 Å². The highest BCUT2D eigenvalue weighted by atomic mass is 16.5. The molecule has 4 rings (SSSR count). The number of ether oxygens (including phenoxy) is 1. The summed E-state index contributed by atoms with van der Waals surface area (Å²) in [6, 6.07) is 15.4. The van der Waals surface area contributed by atoms with E-state index in [9.17, 15) is 4.79 Å². The van der Waals surface area contributed by atoms with E-state index < -0.39 is 0 Å². The van der Waals surface area contributed by atoms with E-state index in [1.165, 1.54) is 5.56 Å². The van der Waals surface area contributed by atoms with Crippen LogP contribution in [0.2, 0.25) is 0 Å². The molecule has 0 N–H and O–H groups in total. The van der Waals surface area contributed by atoms with Crippen LogP contribution in [0.25, 0.3) is 11.4 Å². The number of carbonyl (C=O) groups is 1. The van der Waals surface area contributed by atoms with Crippen LogP contribution in [0.5, 0.6) is 5.75 Å². The van der Waals surface area contributed by atoms with Gasteiger partial charge in [0, 0.05) is 31.7 Å². The molecule has 2 heterocycles. The summed E-state index contributed by atoms with van der Waals surface area (Å²) in [5.41, 5.74) is 2.73. The molecule has 0 saturated carbocycles. The Hall–Kier alpha value is -3.19. The standard InChI is InChI=1S/C23H26N4O3/c1-16-8-10-18(11-9-16)21-24-22(30-25-21)17(2)26-12-14-27(15-13-26)23(28)19-6-4-5-7-20(19)29-3/h4-11,17H,12-15H2,1-3H3. The van der Waals surface area contributed by atoms with Crippen molar-refractivity contribution in [1.82, 2.24) is 19.9 Å². The Morgan fingerprint density at radius 3 is 2.47 bits per heavy atom. The number of aryl methyl sites for hydroxylation is 1. The van der Waals surface area contributed by atoms with Crippen LogP contribution < -0.4 is 4.74 Å². The van der Waals surface area contributed by atoms with E-state index in [4.69, 9.17) is 9.26 Å². The summed E-state index contributed by atoms with van der Waals surface area (Å²) in [5.74, 6) is 1.80. The zero-order valence-electron chi connectivity index (χ0n) is 17.5. The lowest BCUT2D eigenvalue weighted by Gasteiger charge is -2.37. The quantitative estimate of drug-likeness (QED) is 0.645. The number of para-hydroxylation sites is 1. The number of rotatable bonds is 5. The maximum absolute atomic E-state index is 12.9. The van der Waals surface area contributed by atoms with Gasteiger partial charge in [-0.2, -0.15) is 4.98 Å². The van der Waals surface area contributed by atoms with Gasteiger partial charge in [0.1, 0.15) is 5.75 Å². The Kier molecular flexibility index (Phi) is 5.81. The van der Waals surface area contributed by atoms with Crippen molar-refractivity contribution < 1.29 is 14.1 Å². The van der Waals surface area contributed by atoms with Gasteiger partial charge in [-0.15, -0.1) is 0 Å². The van der Waals surface area contributed by atoms with Crippen molar-refractivity contribution in [3.05, 3.63) is 65.5 Å². The lowest BCUT2D eigenvalue weighted by atomic mass is 10.1. The molecule has 1 fully saturated rings. The van der Waals surface area contributed by atoms with Gasteiger partial charge in [0.2, 0.25) is 11.7 Å². The molecule has 1 atom stereocenters. The summed E-state index contributed by atoms with van der Waals surface area (Å²) in [6.07, 6.45) is 0. The Labute approximate surface area is 176 Å². The molecule has 0 radical (unpaired) electrons. The number of nitrogens with zero attached hydrogens (tertiary/aromatic N) is 4. The van der Waals surface area contributed by atoms with Crippen molar-refractivity contribution in [3.8, 4) is 17.1 Å². The van der Waals surface area contributed by atoms with Gasteiger partial charge in [-0.05, 0) is 26.0 Å². The number of carbonyl (C=O) groups excluding carboxylic acids is 1. The minimum atomic E-state index is -0.0137. The maximum Gasteiger partial charge on any atom is 0.257 e. The molecule has 30 heavy (non-hydrogen) atoms. The minimum Gasteiger partial charge on any atom is -0.496 e. The summed E-state index contributed by atoms with van der Waals surface area (Å²) in [6.45, 7) is 6.87. The first-order chi connectivity index (χ1) is 14.6. The number of piperazine rings is 1. The second-order valence-electron chi connectivity index (χ2n) is 7.53. The van der Waals surface area contributed by atoms with Crippen molar-refractivity contribution in [2.45, 2.75) is 19.9 Å². The minimum absolute atomic E-state index is 0.000740. The average molecular weight is 406 g/mol. The number of amides is 1. The van der Waals surface area contributed by atoms with Gasteiger partial charge in [0.05, 0.1) is 18.7 Å². The van der Waals surface area contributed by atoms with E-state index in [1.807, 2.05) is 54.3 Å². The molecule has 0 spiro atoms. The highest BCUT2D eigenvalue weighted by Gasteiger charge is 2.29. The number of hydrogen-bond donors (Lipinski definition) is 0. The number of methoxy groups -OCH3 is 1. The molecule has 0 aliphatic carbocycles. The molecule has 0 bridgehead atoms. The van der Waals surface area contributed by atoms with Gasteiger partial charge in [0.15, 0.2) is 0 Å². The second-order valence-corrected chi connectivity index (χ2v) is 7.53. The molecule has 1 aliphatic heterocycles. The fraction of sp³-hybridized carbons (Fsp3) is 0.348. The van der Waals surface area contributed by atoms with Gasteiger partial charge in [-0.25, -0.2) is 0 Å². The lowest BCUT2D eigenvalue weighted by molar-refractivity contribution is 0.0549. The zero-order valence-corrected chi connectivity index (χ0v) is 17.5. The first-order valence-electron chi connectivity index (χ1n) is 10.1. The van der Waals surface area contributed by atoms with Crippen LogP contribution in [-0.2, 0) is 0 Å². The van der Waals surface area contributed by atoms with Gasteiger partial charge in [-0.1, -0.05) is 47.1 Å². The number of benzene rings is 2. The van der Waals surface area contributed by atoms with Crippen molar-refractivity contribution in [2.75, 3.05) is 33.3 Å². The molecule has 7 nitrogen and oxygen atoms in total. The van der Waals surface area contributed by atoms with Crippen molar-refractivity contribution in [3.63, 3.8) is 0 Å². The molecule has 1 unspecified atom stereocenters. The third-order valence-electron chi connectivity index (χ3n) is 5.60. The number of aromatic nitrogens is 2. The van der Waals surface area contributed by atoms with Crippen LogP contribution in [0.4, 0.5) is 0 Å². The van der Waals surface area contributed by atoms with Crippen LogP contribution in [-0.4, -0.2) is 59.1 Å². The molecular formula is C23H26N4O3. The van der Waals surface area contributed by atoms with Crippen LogP contribution >= 0.6 is 0 Å². The number of hydrogen-bond acceptors (Lipinski definition) is 6. The van der Waals surface area contributed by atoms with E-state index in [1.54, 1.807) is 13.2 Å².